The number of anilines is 1. The van der Waals surface area contributed by atoms with Crippen LogP contribution in [0.4, 0.5) is 10.5 Å². The van der Waals surface area contributed by atoms with Crippen LogP contribution >= 0.6 is 50.9 Å². The fourth-order valence-corrected chi connectivity index (χ4v) is 5.80. The Hall–Kier alpha value is -3.51. The molecule has 0 aliphatic carbocycles. The molecular weight excluding hydrogens is 695 g/mol. The van der Waals surface area contributed by atoms with Crippen molar-refractivity contribution in [2.24, 2.45) is 0 Å². The van der Waals surface area contributed by atoms with Gasteiger partial charge in [-0.25, -0.2) is 4.79 Å². The minimum atomic E-state index is -0.634. The Balaban J connectivity index is 1.46. The van der Waals surface area contributed by atoms with E-state index in [1.165, 1.54) is 18.2 Å². The van der Waals surface area contributed by atoms with Crippen molar-refractivity contribution in [1.82, 2.24) is 4.90 Å². The van der Waals surface area contributed by atoms with E-state index < -0.39 is 29.6 Å². The van der Waals surface area contributed by atoms with Crippen molar-refractivity contribution in [3.63, 3.8) is 0 Å². The van der Waals surface area contributed by atoms with Gasteiger partial charge in [0.05, 0.1) is 33.2 Å². The lowest BCUT2D eigenvalue weighted by Gasteiger charge is -2.15. The van der Waals surface area contributed by atoms with E-state index >= 15 is 0 Å². The predicted octanol–water partition coefficient (Wildman–Crippen LogP) is 7.98. The molecule has 4 rings (SSSR count). The van der Waals surface area contributed by atoms with Crippen LogP contribution < -0.4 is 14.8 Å². The minimum Gasteiger partial charge on any atom is -0.490 e. The number of amides is 3. The van der Waals surface area contributed by atoms with Crippen LogP contribution in [0.1, 0.15) is 41.8 Å². The van der Waals surface area contributed by atoms with Gasteiger partial charge < -0.3 is 19.5 Å². The van der Waals surface area contributed by atoms with Crippen molar-refractivity contribution >= 4 is 85.7 Å². The molecule has 44 heavy (non-hydrogen) atoms. The van der Waals surface area contributed by atoms with E-state index in [2.05, 4.69) is 21.2 Å². The van der Waals surface area contributed by atoms with E-state index in [1.54, 1.807) is 24.3 Å². The normalized spacial score (nSPS) is 13.8. The second kappa shape index (κ2) is 15.5. The SMILES string of the molecule is CCCOC(=O)c1cc(NC(=O)CN2C(=O)S/C(=C/c3cc(Br)c(OCc4ccccc4Cl)c(OCC)c3)C2=O)ccc1Cl. The monoisotopic (exact) mass is 720 g/mol. The van der Waals surface area contributed by atoms with Crippen LogP contribution in [0.5, 0.6) is 11.5 Å². The molecule has 0 atom stereocenters. The summed E-state index contributed by atoms with van der Waals surface area (Å²) >= 11 is 16.6. The van der Waals surface area contributed by atoms with Crippen LogP contribution in [0.3, 0.4) is 0 Å². The third-order valence-corrected chi connectivity index (χ3v) is 8.24. The van der Waals surface area contributed by atoms with Gasteiger partial charge in [-0.05, 0) is 89.1 Å². The van der Waals surface area contributed by atoms with Crippen LogP contribution in [-0.2, 0) is 20.9 Å². The largest absolute Gasteiger partial charge is 0.490 e. The molecule has 1 N–H and O–H groups in total. The summed E-state index contributed by atoms with van der Waals surface area (Å²) in [6.45, 7) is 3.96. The van der Waals surface area contributed by atoms with Crippen molar-refractivity contribution in [3.05, 3.63) is 90.7 Å². The lowest BCUT2D eigenvalue weighted by atomic mass is 10.1. The zero-order valence-corrected chi connectivity index (χ0v) is 27.6. The second-order valence-electron chi connectivity index (χ2n) is 9.29. The third kappa shape index (κ3) is 8.35. The topological polar surface area (TPSA) is 111 Å². The minimum absolute atomic E-state index is 0.0879. The van der Waals surface area contributed by atoms with Gasteiger partial charge in [-0.15, -0.1) is 0 Å². The molecule has 1 aliphatic heterocycles. The highest BCUT2D eigenvalue weighted by molar-refractivity contribution is 9.10. The van der Waals surface area contributed by atoms with Gasteiger partial charge in [0.25, 0.3) is 11.1 Å². The molecule has 1 saturated heterocycles. The lowest BCUT2D eigenvalue weighted by Crippen LogP contribution is -2.36. The van der Waals surface area contributed by atoms with Crippen molar-refractivity contribution in [2.45, 2.75) is 26.9 Å². The van der Waals surface area contributed by atoms with Crippen molar-refractivity contribution in [2.75, 3.05) is 25.1 Å². The number of halogens is 3. The Kier molecular flexibility index (Phi) is 11.7. The molecule has 1 aliphatic rings. The number of carbonyl (C=O) groups is 4. The van der Waals surface area contributed by atoms with Gasteiger partial charge >= 0.3 is 5.97 Å². The van der Waals surface area contributed by atoms with Gasteiger partial charge in [0.15, 0.2) is 11.5 Å². The molecule has 1 heterocycles. The molecule has 1 fully saturated rings. The molecule has 9 nitrogen and oxygen atoms in total. The number of ether oxygens (including phenoxy) is 3. The number of imide groups is 1. The van der Waals surface area contributed by atoms with Gasteiger partial charge in [0, 0.05) is 16.3 Å². The van der Waals surface area contributed by atoms with Crippen molar-refractivity contribution in [3.8, 4) is 11.5 Å². The van der Waals surface area contributed by atoms with E-state index in [9.17, 15) is 19.2 Å². The van der Waals surface area contributed by atoms with E-state index in [0.717, 1.165) is 22.2 Å². The standard InChI is InChI=1S/C31H27BrCl2N2O7S/c1-3-11-42-30(39)21-15-20(9-10-24(21)34)35-27(37)16-36-29(38)26(44-31(36)40)14-18-12-22(32)28(25(13-18)41-4-2)43-17-19-7-5-6-8-23(19)33/h5-10,12-15H,3-4,11,16-17H2,1-2H3,(H,35,37)/b26-14+. The summed E-state index contributed by atoms with van der Waals surface area (Å²) in [7, 11) is 0. The first-order chi connectivity index (χ1) is 21.1. The van der Waals surface area contributed by atoms with E-state index in [0.29, 0.717) is 39.6 Å². The Bertz CT molecular complexity index is 1630. The molecule has 0 spiro atoms. The highest BCUT2D eigenvalue weighted by Crippen LogP contribution is 2.40. The number of esters is 1. The first-order valence-electron chi connectivity index (χ1n) is 13.5. The van der Waals surface area contributed by atoms with Crippen molar-refractivity contribution in [1.29, 1.82) is 0 Å². The molecule has 13 heteroatoms. The zero-order valence-electron chi connectivity index (χ0n) is 23.7. The summed E-state index contributed by atoms with van der Waals surface area (Å²) < 4.78 is 17.5. The smallest absolute Gasteiger partial charge is 0.339 e. The number of carbonyl (C=O) groups excluding carboxylic acids is 4. The fourth-order valence-electron chi connectivity index (χ4n) is 4.00. The Labute approximate surface area is 276 Å². The summed E-state index contributed by atoms with van der Waals surface area (Å²) in [4.78, 5) is 51.8. The van der Waals surface area contributed by atoms with E-state index in [4.69, 9.17) is 37.4 Å². The zero-order chi connectivity index (χ0) is 31.8. The highest BCUT2D eigenvalue weighted by Gasteiger charge is 2.36. The Morgan fingerprint density at radius 2 is 1.80 bits per heavy atom. The number of hydrogen-bond donors (Lipinski definition) is 1. The van der Waals surface area contributed by atoms with Crippen LogP contribution in [0.25, 0.3) is 6.08 Å². The van der Waals surface area contributed by atoms with Crippen LogP contribution in [0.2, 0.25) is 10.0 Å². The summed E-state index contributed by atoms with van der Waals surface area (Å²) in [6.07, 6.45) is 2.18. The van der Waals surface area contributed by atoms with E-state index in [-0.39, 0.29) is 34.4 Å². The maximum atomic E-state index is 13.1. The van der Waals surface area contributed by atoms with Gasteiger partial charge in [0.1, 0.15) is 13.2 Å². The summed E-state index contributed by atoms with van der Waals surface area (Å²) in [5.74, 6) is -0.992. The van der Waals surface area contributed by atoms with Gasteiger partial charge in [0.2, 0.25) is 5.91 Å². The number of hydrogen-bond acceptors (Lipinski definition) is 8. The Morgan fingerprint density at radius 1 is 1.02 bits per heavy atom. The van der Waals surface area contributed by atoms with Crippen LogP contribution in [0, 0.1) is 0 Å². The molecule has 0 bridgehead atoms. The molecule has 0 radical (unpaired) electrons. The summed E-state index contributed by atoms with van der Waals surface area (Å²) in [5.41, 5.74) is 1.72. The third-order valence-electron chi connectivity index (χ3n) is 6.04. The number of nitrogens with zero attached hydrogens (tertiary/aromatic N) is 1. The van der Waals surface area contributed by atoms with Gasteiger partial charge in [-0.2, -0.15) is 0 Å². The number of thioether (sulfide) groups is 1. The van der Waals surface area contributed by atoms with Crippen LogP contribution in [-0.4, -0.2) is 47.7 Å². The molecule has 0 unspecified atom stereocenters. The molecule has 0 saturated carbocycles. The Morgan fingerprint density at radius 3 is 2.52 bits per heavy atom. The maximum Gasteiger partial charge on any atom is 0.339 e. The molecule has 3 amide bonds. The fraction of sp³-hybridized carbons (Fsp3) is 0.226. The molecule has 3 aromatic rings. The van der Waals surface area contributed by atoms with Crippen molar-refractivity contribution < 1.29 is 33.4 Å². The van der Waals surface area contributed by atoms with Crippen LogP contribution in [0.15, 0.2) is 64.0 Å². The number of nitrogens with one attached hydrogen (secondary N) is 1. The van der Waals surface area contributed by atoms with Gasteiger partial charge in [-0.1, -0.05) is 48.3 Å². The highest BCUT2D eigenvalue weighted by atomic mass is 79.9. The molecular formula is C31H27BrCl2N2O7S. The predicted molar refractivity (Wildman–Crippen MR) is 174 cm³/mol. The average molecular weight is 722 g/mol. The lowest BCUT2D eigenvalue weighted by molar-refractivity contribution is -0.127. The first-order valence-corrected chi connectivity index (χ1v) is 15.8. The van der Waals surface area contributed by atoms with E-state index in [1.807, 2.05) is 32.0 Å². The summed E-state index contributed by atoms with van der Waals surface area (Å²) in [5, 5.41) is 2.74. The average Bonchev–Trinajstić information content (AvgIpc) is 3.24. The first kappa shape index (κ1) is 33.4. The molecule has 0 aromatic heterocycles. The summed E-state index contributed by atoms with van der Waals surface area (Å²) in [6, 6.07) is 15.1. The second-order valence-corrected chi connectivity index (χ2v) is 12.0. The molecule has 230 valence electrons. The number of benzene rings is 3. The molecule has 3 aromatic carbocycles. The maximum absolute atomic E-state index is 13.1. The quantitative estimate of drug-likeness (QED) is 0.148. The number of rotatable bonds is 12. The van der Waals surface area contributed by atoms with Gasteiger partial charge in [-0.3, -0.25) is 19.3 Å².